The Morgan fingerprint density at radius 3 is 1.29 bits per heavy atom. The Morgan fingerprint density at radius 1 is 0.293 bits per heavy atom. The standard InChI is InChI=1S/C56H20B17NO/c57-37-31(25-16-15-21-7-1-2-9-23(21)19-25)38(58)51(71)54(50(37)70)74(26-11-5-10-24(20-26)27-13-6-14-30-32(27)29-18-17-22-8-3-4-12-28(22)56(29)75-30)55-52(72)45(65)36(46(66)53(55)73)34-41(61)39(59)33(40(60)42(34)62)35-43(63)47(67)49(69)48(68)44(35)64/h1-20H. The summed E-state index contributed by atoms with van der Waals surface area (Å²) >= 11 is 0. The van der Waals surface area contributed by atoms with Gasteiger partial charge in [0.05, 0.1) is 0 Å². The molecule has 75 heavy (non-hydrogen) atoms. The summed E-state index contributed by atoms with van der Waals surface area (Å²) in [6.07, 6.45) is 0. The van der Waals surface area contributed by atoms with Gasteiger partial charge in [0.25, 0.3) is 0 Å². The Morgan fingerprint density at radius 2 is 0.733 bits per heavy atom. The van der Waals surface area contributed by atoms with E-state index >= 15 is 0 Å². The van der Waals surface area contributed by atoms with Gasteiger partial charge in [-0.2, -0.15) is 0 Å². The summed E-state index contributed by atoms with van der Waals surface area (Å²) in [5.41, 5.74) is 4.02. The van der Waals surface area contributed by atoms with Crippen LogP contribution >= 0.6 is 0 Å². The molecule has 0 unspecified atom stereocenters. The molecule has 0 amide bonds. The van der Waals surface area contributed by atoms with Crippen molar-refractivity contribution in [3.8, 4) is 44.5 Å². The molecule has 2 nitrogen and oxygen atoms in total. The Hall–Kier alpha value is -6.58. The molecule has 1 aromatic heterocycles. The normalized spacial score (nSPS) is 11.6. The molecule has 0 aliphatic heterocycles. The van der Waals surface area contributed by atoms with Crippen LogP contribution in [-0.2, 0) is 0 Å². The van der Waals surface area contributed by atoms with Crippen LogP contribution in [0.15, 0.2) is 126 Å². The maximum absolute atomic E-state index is 7.24. The molecule has 0 saturated heterocycles. The fraction of sp³-hybridized carbons (Fsp3) is 0. The van der Waals surface area contributed by atoms with E-state index in [-0.39, 0.29) is 126 Å². The molecular weight excluding hydrogens is 886 g/mol. The van der Waals surface area contributed by atoms with Gasteiger partial charge in [-0.25, -0.2) is 0 Å². The number of fused-ring (bicyclic) bond motifs is 6. The molecular formula is C56H20B17NO. The second-order valence-electron chi connectivity index (χ2n) is 18.5. The zero-order chi connectivity index (χ0) is 53.2. The average molecular weight is 907 g/mol. The SMILES string of the molecule is [B]c1c([B])c([B])c(-c2c([B])c([B])c(-c3c([B])c([B])c(N(c4cccc(-c5cccc6oc7c8ccccc8ccc7c56)c4)c4c([B])c([B])c(-c5ccc6ccccc6c5)c([B])c4[B])c([B])c3[B])c([B])c2[B])c([B])c1[B]. The van der Waals surface area contributed by atoms with E-state index in [2.05, 4.69) is 12.1 Å². The van der Waals surface area contributed by atoms with Crippen LogP contribution < -0.4 is 97.8 Å². The number of anilines is 3. The van der Waals surface area contributed by atoms with Gasteiger partial charge in [0.1, 0.15) is 145 Å². The first-order valence-electron chi connectivity index (χ1n) is 23.4. The molecule has 306 valence electrons. The summed E-state index contributed by atoms with van der Waals surface area (Å²) in [5, 5.41) is 5.79. The first kappa shape index (κ1) is 50.6. The molecule has 0 aliphatic rings. The smallest absolute Gasteiger partial charge is 0.143 e. The van der Waals surface area contributed by atoms with Gasteiger partial charge >= 0.3 is 0 Å². The van der Waals surface area contributed by atoms with Crippen molar-refractivity contribution in [2.45, 2.75) is 0 Å². The Bertz CT molecular complexity index is 4190. The van der Waals surface area contributed by atoms with E-state index in [0.29, 0.717) is 22.4 Å². The molecule has 34 radical (unpaired) electrons. The maximum atomic E-state index is 7.24. The molecule has 10 aromatic carbocycles. The number of hydrogen-bond donors (Lipinski definition) is 0. The van der Waals surface area contributed by atoms with Crippen LogP contribution in [0.25, 0.3) is 88.0 Å². The van der Waals surface area contributed by atoms with Crippen LogP contribution in [-0.4, -0.2) is 133 Å². The van der Waals surface area contributed by atoms with Crippen molar-refractivity contribution < 1.29 is 4.42 Å². The first-order chi connectivity index (χ1) is 35.8. The van der Waals surface area contributed by atoms with E-state index in [0.717, 1.165) is 49.0 Å². The van der Waals surface area contributed by atoms with Crippen LogP contribution in [0.2, 0.25) is 0 Å². The van der Waals surface area contributed by atoms with Crippen LogP contribution in [0.4, 0.5) is 17.1 Å². The highest BCUT2D eigenvalue weighted by molar-refractivity contribution is 6.72. The van der Waals surface area contributed by atoms with E-state index in [1.165, 1.54) is 0 Å². The summed E-state index contributed by atoms with van der Waals surface area (Å²) in [6, 6.07) is 39.3. The lowest BCUT2D eigenvalue weighted by Crippen LogP contribution is -2.57. The molecule has 0 aliphatic carbocycles. The van der Waals surface area contributed by atoms with Crippen molar-refractivity contribution in [1.82, 2.24) is 0 Å². The van der Waals surface area contributed by atoms with Gasteiger partial charge < -0.3 is 9.32 Å². The highest BCUT2D eigenvalue weighted by Gasteiger charge is 2.29. The zero-order valence-corrected chi connectivity index (χ0v) is 40.2. The lowest BCUT2D eigenvalue weighted by molar-refractivity contribution is 0.673. The van der Waals surface area contributed by atoms with Gasteiger partial charge in [-0.05, 0) is 91.0 Å². The zero-order valence-electron chi connectivity index (χ0n) is 40.2. The quantitative estimate of drug-likeness (QED) is 0.150. The van der Waals surface area contributed by atoms with Crippen molar-refractivity contribution in [2.24, 2.45) is 0 Å². The Labute approximate surface area is 459 Å². The lowest BCUT2D eigenvalue weighted by atomic mass is 9.55. The Balaban J connectivity index is 1.16. The van der Waals surface area contributed by atoms with Gasteiger partial charge in [-0.15, -0.1) is 16.4 Å². The second kappa shape index (κ2) is 18.9. The minimum atomic E-state index is -0.133. The predicted octanol–water partition coefficient (Wildman–Crippen LogP) is -4.48. The number of nitrogens with zero attached hydrogens (tertiary/aromatic N) is 1. The third-order valence-electron chi connectivity index (χ3n) is 14.4. The number of hydrogen-bond acceptors (Lipinski definition) is 2. The predicted molar refractivity (Wildman–Crippen MR) is 337 cm³/mol. The van der Waals surface area contributed by atoms with Gasteiger partial charge in [0, 0.05) is 33.2 Å². The molecule has 0 fully saturated rings. The van der Waals surface area contributed by atoms with Gasteiger partial charge in [-0.3, -0.25) is 0 Å². The number of furan rings is 1. The van der Waals surface area contributed by atoms with E-state index in [1.807, 2.05) is 109 Å². The van der Waals surface area contributed by atoms with Gasteiger partial charge in [0.2, 0.25) is 0 Å². The largest absolute Gasteiger partial charge is 0.455 e. The van der Waals surface area contributed by atoms with Crippen LogP contribution in [0.5, 0.6) is 0 Å². The molecule has 0 atom stereocenters. The van der Waals surface area contributed by atoms with Gasteiger partial charge in [-0.1, -0.05) is 167 Å². The van der Waals surface area contributed by atoms with E-state index < -0.39 is 0 Å². The van der Waals surface area contributed by atoms with Crippen molar-refractivity contribution >= 4 is 287 Å². The molecule has 0 N–H and O–H groups in total. The van der Waals surface area contributed by atoms with E-state index in [1.54, 1.807) is 4.90 Å². The van der Waals surface area contributed by atoms with Crippen LogP contribution in [0.1, 0.15) is 0 Å². The highest BCUT2D eigenvalue weighted by Crippen LogP contribution is 2.41. The summed E-state index contributed by atoms with van der Waals surface area (Å²) in [7, 11) is 116. The monoisotopic (exact) mass is 909 g/mol. The summed E-state index contributed by atoms with van der Waals surface area (Å²) < 4.78 is 6.57. The molecule has 11 aromatic rings. The minimum Gasteiger partial charge on any atom is -0.455 e. The van der Waals surface area contributed by atoms with Crippen molar-refractivity contribution in [3.63, 3.8) is 0 Å². The first-order valence-corrected chi connectivity index (χ1v) is 23.4. The molecule has 0 saturated carbocycles. The second-order valence-corrected chi connectivity index (χ2v) is 18.5. The van der Waals surface area contributed by atoms with Crippen LogP contribution in [0, 0.1) is 0 Å². The lowest BCUT2D eigenvalue weighted by Gasteiger charge is -2.37. The van der Waals surface area contributed by atoms with Gasteiger partial charge in [0.15, 0.2) is 0 Å². The molecule has 1 heterocycles. The fourth-order valence-corrected chi connectivity index (χ4v) is 10.5. The summed E-state index contributed by atoms with van der Waals surface area (Å²) in [6.45, 7) is 0. The number of rotatable bonds is 7. The average Bonchev–Trinajstić information content (AvgIpc) is 3.87. The fourth-order valence-electron chi connectivity index (χ4n) is 10.5. The maximum Gasteiger partial charge on any atom is 0.143 e. The molecule has 0 spiro atoms. The Kier molecular flexibility index (Phi) is 12.8. The van der Waals surface area contributed by atoms with E-state index in [9.17, 15) is 0 Å². The molecule has 19 heteroatoms. The van der Waals surface area contributed by atoms with Crippen molar-refractivity contribution in [3.05, 3.63) is 121 Å². The molecule has 0 bridgehead atoms. The summed E-state index contributed by atoms with van der Waals surface area (Å²) in [4.78, 5) is 1.63. The topological polar surface area (TPSA) is 16.4 Å². The van der Waals surface area contributed by atoms with Crippen LogP contribution in [0.3, 0.4) is 0 Å². The van der Waals surface area contributed by atoms with E-state index in [4.69, 9.17) is 138 Å². The third kappa shape index (κ3) is 7.71. The molecule has 11 rings (SSSR count). The van der Waals surface area contributed by atoms with Crippen molar-refractivity contribution in [1.29, 1.82) is 0 Å². The third-order valence-corrected chi connectivity index (χ3v) is 14.4. The minimum absolute atomic E-state index is 0.0104. The highest BCUT2D eigenvalue weighted by atomic mass is 16.3. The summed E-state index contributed by atoms with van der Waals surface area (Å²) in [5.74, 6) is 0. The van der Waals surface area contributed by atoms with Crippen molar-refractivity contribution in [2.75, 3.05) is 4.90 Å². The number of benzene rings is 10.